The van der Waals surface area contributed by atoms with Crippen molar-refractivity contribution in [2.75, 3.05) is 11.9 Å². The van der Waals surface area contributed by atoms with Gasteiger partial charge in [-0.25, -0.2) is 9.18 Å². The third kappa shape index (κ3) is 4.54. The molecule has 22 heavy (non-hydrogen) atoms. The topological polar surface area (TPSA) is 55.4 Å². The van der Waals surface area contributed by atoms with Crippen LogP contribution in [0, 0.1) is 5.82 Å². The number of carbonyl (C=O) groups is 2. The Bertz CT molecular complexity index is 706. The minimum atomic E-state index is -0.930. The zero-order valence-electron chi connectivity index (χ0n) is 11.1. The van der Waals surface area contributed by atoms with Crippen molar-refractivity contribution < 1.29 is 18.7 Å². The third-order valence-electron chi connectivity index (χ3n) is 2.61. The van der Waals surface area contributed by atoms with Crippen LogP contribution in [0.4, 0.5) is 10.1 Å². The molecule has 0 saturated heterocycles. The molecule has 0 saturated carbocycles. The van der Waals surface area contributed by atoms with Crippen LogP contribution in [0.15, 0.2) is 46.9 Å². The molecular formula is C15H10BrClFNO3. The number of rotatable bonds is 4. The Balaban J connectivity index is 1.90. The molecule has 1 N–H and O–H groups in total. The molecule has 2 aromatic rings. The van der Waals surface area contributed by atoms with E-state index in [1.807, 2.05) is 0 Å². The Kier molecular flexibility index (Phi) is 5.51. The maximum Gasteiger partial charge on any atom is 0.341 e. The van der Waals surface area contributed by atoms with Crippen molar-refractivity contribution in [1.82, 2.24) is 0 Å². The molecule has 0 aromatic heterocycles. The van der Waals surface area contributed by atoms with Gasteiger partial charge >= 0.3 is 5.97 Å². The summed E-state index contributed by atoms with van der Waals surface area (Å²) in [6.07, 6.45) is 0. The lowest BCUT2D eigenvalue weighted by Crippen LogP contribution is -2.21. The molecule has 1 amide bonds. The molecule has 2 aromatic carbocycles. The van der Waals surface area contributed by atoms with Gasteiger partial charge in [0, 0.05) is 15.2 Å². The number of halogens is 3. The first kappa shape index (κ1) is 16.5. The summed E-state index contributed by atoms with van der Waals surface area (Å²) in [5, 5.41) is 2.72. The van der Waals surface area contributed by atoms with Gasteiger partial charge in [-0.2, -0.15) is 0 Å². The molecule has 0 aliphatic rings. The SMILES string of the molecule is O=C(COC(=O)c1ccc(Cl)cc1F)Nc1ccc(Br)cc1. The molecule has 2 rings (SSSR count). The molecule has 0 fully saturated rings. The van der Waals surface area contributed by atoms with Crippen LogP contribution in [0.3, 0.4) is 0 Å². The van der Waals surface area contributed by atoms with Crippen molar-refractivity contribution in [2.45, 2.75) is 0 Å². The lowest BCUT2D eigenvalue weighted by Gasteiger charge is -2.07. The molecule has 0 radical (unpaired) electrons. The van der Waals surface area contributed by atoms with Gasteiger partial charge in [-0.15, -0.1) is 0 Å². The van der Waals surface area contributed by atoms with E-state index in [2.05, 4.69) is 21.2 Å². The van der Waals surface area contributed by atoms with Gasteiger partial charge in [-0.05, 0) is 42.5 Å². The van der Waals surface area contributed by atoms with Crippen LogP contribution in [0.5, 0.6) is 0 Å². The van der Waals surface area contributed by atoms with Crippen molar-refractivity contribution >= 4 is 45.1 Å². The van der Waals surface area contributed by atoms with Gasteiger partial charge in [0.05, 0.1) is 5.56 Å². The van der Waals surface area contributed by atoms with E-state index in [1.54, 1.807) is 24.3 Å². The van der Waals surface area contributed by atoms with Crippen LogP contribution in [0.25, 0.3) is 0 Å². The summed E-state index contributed by atoms with van der Waals surface area (Å²) in [6, 6.07) is 10.4. The van der Waals surface area contributed by atoms with E-state index < -0.39 is 24.3 Å². The van der Waals surface area contributed by atoms with E-state index in [-0.39, 0.29) is 10.6 Å². The zero-order chi connectivity index (χ0) is 16.1. The van der Waals surface area contributed by atoms with E-state index >= 15 is 0 Å². The Hall–Kier alpha value is -1.92. The molecular weight excluding hydrogens is 377 g/mol. The summed E-state index contributed by atoms with van der Waals surface area (Å²) in [5.41, 5.74) is 0.280. The van der Waals surface area contributed by atoms with Crippen LogP contribution in [-0.4, -0.2) is 18.5 Å². The number of amides is 1. The summed E-state index contributed by atoms with van der Waals surface area (Å²) in [4.78, 5) is 23.3. The lowest BCUT2D eigenvalue weighted by molar-refractivity contribution is -0.119. The number of hydrogen-bond acceptors (Lipinski definition) is 3. The van der Waals surface area contributed by atoms with E-state index in [4.69, 9.17) is 16.3 Å². The lowest BCUT2D eigenvalue weighted by atomic mass is 10.2. The molecule has 0 spiro atoms. The predicted molar refractivity (Wildman–Crippen MR) is 84.5 cm³/mol. The normalized spacial score (nSPS) is 10.1. The van der Waals surface area contributed by atoms with Crippen LogP contribution in [0.1, 0.15) is 10.4 Å². The van der Waals surface area contributed by atoms with Crippen molar-refractivity contribution in [3.8, 4) is 0 Å². The third-order valence-corrected chi connectivity index (χ3v) is 3.38. The largest absolute Gasteiger partial charge is 0.452 e. The summed E-state index contributed by atoms with van der Waals surface area (Å²) in [6.45, 7) is -0.517. The molecule has 0 heterocycles. The van der Waals surface area contributed by atoms with Gasteiger partial charge < -0.3 is 10.1 Å². The highest BCUT2D eigenvalue weighted by Gasteiger charge is 2.15. The van der Waals surface area contributed by atoms with Gasteiger partial charge in [0.25, 0.3) is 5.91 Å². The summed E-state index contributed by atoms with van der Waals surface area (Å²) < 4.78 is 19.2. The molecule has 0 bridgehead atoms. The first-order valence-corrected chi connectivity index (χ1v) is 7.30. The highest BCUT2D eigenvalue weighted by molar-refractivity contribution is 9.10. The number of ether oxygens (including phenoxy) is 1. The summed E-state index contributed by atoms with van der Waals surface area (Å²) >= 11 is 8.86. The minimum absolute atomic E-state index is 0.169. The monoisotopic (exact) mass is 385 g/mol. The zero-order valence-corrected chi connectivity index (χ0v) is 13.4. The Labute approximate surface area is 139 Å². The first-order valence-electron chi connectivity index (χ1n) is 6.13. The quantitative estimate of drug-likeness (QED) is 0.807. The number of carbonyl (C=O) groups excluding carboxylic acids is 2. The molecule has 0 aliphatic heterocycles. The smallest absolute Gasteiger partial charge is 0.341 e. The molecule has 4 nitrogen and oxygen atoms in total. The molecule has 7 heteroatoms. The highest BCUT2D eigenvalue weighted by Crippen LogP contribution is 2.16. The van der Waals surface area contributed by atoms with Crippen LogP contribution < -0.4 is 5.32 Å². The fourth-order valence-electron chi connectivity index (χ4n) is 1.59. The number of benzene rings is 2. The fourth-order valence-corrected chi connectivity index (χ4v) is 2.02. The fraction of sp³-hybridized carbons (Fsp3) is 0.0667. The standard InChI is InChI=1S/C15H10BrClFNO3/c16-9-1-4-11(5-2-9)19-14(20)8-22-15(21)12-6-3-10(17)7-13(12)18/h1-7H,8H2,(H,19,20). The second-order valence-corrected chi connectivity index (χ2v) is 5.61. The molecule has 0 atom stereocenters. The maximum atomic E-state index is 13.5. The first-order chi connectivity index (χ1) is 10.5. The molecule has 0 aliphatic carbocycles. The summed E-state index contributed by atoms with van der Waals surface area (Å²) in [7, 11) is 0. The van der Waals surface area contributed by atoms with Gasteiger partial charge in [0.2, 0.25) is 0 Å². The second-order valence-electron chi connectivity index (χ2n) is 4.26. The summed E-state index contributed by atoms with van der Waals surface area (Å²) in [5.74, 6) is -2.25. The number of esters is 1. The minimum Gasteiger partial charge on any atom is -0.452 e. The van der Waals surface area contributed by atoms with E-state index in [9.17, 15) is 14.0 Å². The van der Waals surface area contributed by atoms with Crippen LogP contribution in [-0.2, 0) is 9.53 Å². The van der Waals surface area contributed by atoms with Gasteiger partial charge in [-0.3, -0.25) is 4.79 Å². The average Bonchev–Trinajstić information content (AvgIpc) is 2.47. The average molecular weight is 387 g/mol. The van der Waals surface area contributed by atoms with Gasteiger partial charge in [0.15, 0.2) is 6.61 Å². The van der Waals surface area contributed by atoms with E-state index in [0.717, 1.165) is 10.5 Å². The number of nitrogens with one attached hydrogen (secondary N) is 1. The Morgan fingerprint density at radius 2 is 1.86 bits per heavy atom. The van der Waals surface area contributed by atoms with Crippen molar-refractivity contribution in [3.63, 3.8) is 0 Å². The molecule has 114 valence electrons. The Morgan fingerprint density at radius 1 is 1.18 bits per heavy atom. The van der Waals surface area contributed by atoms with E-state index in [1.165, 1.54) is 12.1 Å². The highest BCUT2D eigenvalue weighted by atomic mass is 79.9. The van der Waals surface area contributed by atoms with Crippen LogP contribution in [0.2, 0.25) is 5.02 Å². The predicted octanol–water partition coefficient (Wildman–Crippen LogP) is 4.04. The van der Waals surface area contributed by atoms with Crippen LogP contribution >= 0.6 is 27.5 Å². The van der Waals surface area contributed by atoms with Crippen molar-refractivity contribution in [3.05, 3.63) is 63.3 Å². The Morgan fingerprint density at radius 3 is 2.50 bits per heavy atom. The second kappa shape index (κ2) is 7.38. The van der Waals surface area contributed by atoms with Crippen molar-refractivity contribution in [2.24, 2.45) is 0 Å². The van der Waals surface area contributed by atoms with Crippen molar-refractivity contribution in [1.29, 1.82) is 0 Å². The maximum absolute atomic E-state index is 13.5. The number of anilines is 1. The van der Waals surface area contributed by atoms with Gasteiger partial charge in [-0.1, -0.05) is 27.5 Å². The van der Waals surface area contributed by atoms with Gasteiger partial charge in [0.1, 0.15) is 5.82 Å². The van der Waals surface area contributed by atoms with E-state index in [0.29, 0.717) is 5.69 Å². The molecule has 0 unspecified atom stereocenters. The number of hydrogen-bond donors (Lipinski definition) is 1.